The summed E-state index contributed by atoms with van der Waals surface area (Å²) in [5.41, 5.74) is 1.66. The van der Waals surface area contributed by atoms with Crippen molar-refractivity contribution in [3.8, 4) is 5.69 Å². The Morgan fingerprint density at radius 2 is 2.00 bits per heavy atom. The number of carbonyl (C=O) groups is 1. The first-order chi connectivity index (χ1) is 9.15. The van der Waals surface area contributed by atoms with Gasteiger partial charge in [0.2, 0.25) is 0 Å². The van der Waals surface area contributed by atoms with Gasteiger partial charge in [0.05, 0.1) is 5.69 Å². The summed E-state index contributed by atoms with van der Waals surface area (Å²) in [5.74, 6) is 0.0185. The minimum atomic E-state index is -0.202. The second-order valence-electron chi connectivity index (χ2n) is 4.52. The number of halogens is 1. The number of ketones is 1. The van der Waals surface area contributed by atoms with Gasteiger partial charge < -0.3 is 0 Å². The average molecular weight is 319 g/mol. The molecule has 0 radical (unpaired) electrons. The van der Waals surface area contributed by atoms with Crippen LogP contribution in [0, 0.1) is 0 Å². The predicted octanol–water partition coefficient (Wildman–Crippen LogP) is 2.51. The molecule has 4 nitrogen and oxygen atoms in total. The number of hydrogen-bond acceptors (Lipinski definition) is 3. The molecule has 0 aliphatic heterocycles. The van der Waals surface area contributed by atoms with Crippen LogP contribution >= 0.6 is 15.9 Å². The van der Waals surface area contributed by atoms with Crippen molar-refractivity contribution in [1.29, 1.82) is 0 Å². The largest absolute Gasteiger partial charge is 0.292 e. The monoisotopic (exact) mass is 318 g/mol. The summed E-state index contributed by atoms with van der Waals surface area (Å²) >= 11 is 3.36. The highest BCUT2D eigenvalue weighted by Crippen LogP contribution is 2.19. The van der Waals surface area contributed by atoms with Gasteiger partial charge in [0, 0.05) is 17.0 Å². The predicted molar refractivity (Wildman–Crippen MR) is 74.8 cm³/mol. The number of carbonyl (C=O) groups excluding carboxylic acids is 1. The molecule has 0 amide bonds. The van der Waals surface area contributed by atoms with Gasteiger partial charge in [-0.3, -0.25) is 9.59 Å². The van der Waals surface area contributed by atoms with Crippen molar-refractivity contribution in [3.05, 3.63) is 56.4 Å². The molecule has 0 bridgehead atoms. The van der Waals surface area contributed by atoms with E-state index < -0.39 is 0 Å². The molecule has 2 aromatic rings. The van der Waals surface area contributed by atoms with Crippen molar-refractivity contribution in [2.45, 2.75) is 19.3 Å². The molecule has 0 saturated carbocycles. The molecule has 96 valence electrons. The first-order valence-electron chi connectivity index (χ1n) is 6.07. The molecular formula is C14H11BrN2O2. The summed E-state index contributed by atoms with van der Waals surface area (Å²) in [6.07, 6.45) is 2.06. The molecule has 1 aromatic heterocycles. The van der Waals surface area contributed by atoms with Gasteiger partial charge in [-0.1, -0.05) is 22.0 Å². The van der Waals surface area contributed by atoms with Crippen LogP contribution in [0.25, 0.3) is 5.69 Å². The van der Waals surface area contributed by atoms with Gasteiger partial charge in [-0.25, -0.2) is 0 Å². The van der Waals surface area contributed by atoms with Crippen LogP contribution in [-0.2, 0) is 6.42 Å². The average Bonchev–Trinajstić information content (AvgIpc) is 2.38. The van der Waals surface area contributed by atoms with Crippen molar-refractivity contribution >= 4 is 21.7 Å². The first-order valence-corrected chi connectivity index (χ1v) is 6.87. The molecule has 5 heteroatoms. The van der Waals surface area contributed by atoms with Crippen molar-refractivity contribution < 1.29 is 4.79 Å². The number of fused-ring (bicyclic) bond motifs is 1. The van der Waals surface area contributed by atoms with E-state index >= 15 is 0 Å². The van der Waals surface area contributed by atoms with Crippen LogP contribution in [0.1, 0.15) is 28.9 Å². The third-order valence-corrected chi connectivity index (χ3v) is 3.67. The van der Waals surface area contributed by atoms with E-state index in [0.717, 1.165) is 22.9 Å². The van der Waals surface area contributed by atoms with Gasteiger partial charge in [0.25, 0.3) is 5.56 Å². The molecule has 1 aromatic carbocycles. The van der Waals surface area contributed by atoms with Gasteiger partial charge in [-0.15, -0.1) is 0 Å². The first kappa shape index (κ1) is 12.3. The number of hydrogen-bond donors (Lipinski definition) is 0. The SMILES string of the molecule is O=C1CCCc2cc(=O)n(-c3cccc(Br)c3)nc21. The van der Waals surface area contributed by atoms with Crippen LogP contribution in [0.3, 0.4) is 0 Å². The molecule has 0 fully saturated rings. The molecule has 0 N–H and O–H groups in total. The lowest BCUT2D eigenvalue weighted by molar-refractivity contribution is 0.0965. The zero-order valence-electron chi connectivity index (χ0n) is 10.1. The summed E-state index contributed by atoms with van der Waals surface area (Å²) in [6, 6.07) is 8.82. The molecular weight excluding hydrogens is 308 g/mol. The molecule has 1 aliphatic rings. The Balaban J connectivity index is 2.20. The fourth-order valence-corrected chi connectivity index (χ4v) is 2.66. The Labute approximate surface area is 118 Å². The molecule has 19 heavy (non-hydrogen) atoms. The van der Waals surface area contributed by atoms with Gasteiger partial charge in [-0.2, -0.15) is 9.78 Å². The third-order valence-electron chi connectivity index (χ3n) is 3.18. The number of aromatic nitrogens is 2. The lowest BCUT2D eigenvalue weighted by Gasteiger charge is -2.15. The van der Waals surface area contributed by atoms with E-state index in [1.807, 2.05) is 12.1 Å². The van der Waals surface area contributed by atoms with Crippen LogP contribution in [0.5, 0.6) is 0 Å². The Morgan fingerprint density at radius 1 is 1.16 bits per heavy atom. The Hall–Kier alpha value is -1.75. The highest BCUT2D eigenvalue weighted by molar-refractivity contribution is 9.10. The minimum Gasteiger partial charge on any atom is -0.292 e. The second kappa shape index (κ2) is 4.74. The quantitative estimate of drug-likeness (QED) is 0.811. The number of nitrogens with zero attached hydrogens (tertiary/aromatic N) is 2. The lowest BCUT2D eigenvalue weighted by Crippen LogP contribution is -2.27. The normalized spacial score (nSPS) is 14.3. The molecule has 0 spiro atoms. The van der Waals surface area contributed by atoms with Gasteiger partial charge in [0.1, 0.15) is 5.69 Å². The molecule has 0 atom stereocenters. The van der Waals surface area contributed by atoms with E-state index in [1.165, 1.54) is 10.7 Å². The fourth-order valence-electron chi connectivity index (χ4n) is 2.27. The molecule has 0 saturated heterocycles. The van der Waals surface area contributed by atoms with Crippen molar-refractivity contribution in [1.82, 2.24) is 9.78 Å². The maximum atomic E-state index is 12.1. The number of benzene rings is 1. The Morgan fingerprint density at radius 3 is 2.79 bits per heavy atom. The van der Waals surface area contributed by atoms with Crippen molar-refractivity contribution in [2.24, 2.45) is 0 Å². The van der Waals surface area contributed by atoms with E-state index in [4.69, 9.17) is 0 Å². The van der Waals surface area contributed by atoms with E-state index in [9.17, 15) is 9.59 Å². The summed E-state index contributed by atoms with van der Waals surface area (Å²) < 4.78 is 2.15. The zero-order valence-corrected chi connectivity index (χ0v) is 11.7. The van der Waals surface area contributed by atoms with Crippen LogP contribution in [0.15, 0.2) is 39.6 Å². The van der Waals surface area contributed by atoms with E-state index in [0.29, 0.717) is 17.8 Å². The van der Waals surface area contributed by atoms with Gasteiger partial charge in [0.15, 0.2) is 5.78 Å². The highest BCUT2D eigenvalue weighted by atomic mass is 79.9. The summed E-state index contributed by atoms with van der Waals surface area (Å²) in [7, 11) is 0. The maximum absolute atomic E-state index is 12.1. The maximum Gasteiger partial charge on any atom is 0.271 e. The van der Waals surface area contributed by atoms with Crippen molar-refractivity contribution in [2.75, 3.05) is 0 Å². The molecule has 3 rings (SSSR count). The highest BCUT2D eigenvalue weighted by Gasteiger charge is 2.20. The summed E-state index contributed by atoms with van der Waals surface area (Å²) in [6.45, 7) is 0. The third kappa shape index (κ3) is 2.26. The summed E-state index contributed by atoms with van der Waals surface area (Å²) in [5, 5.41) is 4.24. The number of Topliss-reactive ketones (excluding diaryl/α,β-unsaturated/α-hetero) is 1. The Bertz CT molecular complexity index is 722. The van der Waals surface area contributed by atoms with Crippen LogP contribution < -0.4 is 5.56 Å². The van der Waals surface area contributed by atoms with E-state index in [-0.39, 0.29) is 11.3 Å². The molecule has 1 aliphatic carbocycles. The standard InChI is InChI=1S/C14H11BrN2O2/c15-10-4-2-5-11(8-10)17-13(19)7-9-3-1-6-12(18)14(9)16-17/h2,4-5,7-8H,1,3,6H2. The van der Waals surface area contributed by atoms with Crippen LogP contribution in [-0.4, -0.2) is 15.6 Å². The number of aryl methyl sites for hydroxylation is 1. The van der Waals surface area contributed by atoms with Gasteiger partial charge in [-0.05, 0) is 36.6 Å². The topological polar surface area (TPSA) is 52.0 Å². The van der Waals surface area contributed by atoms with E-state index in [1.54, 1.807) is 12.1 Å². The van der Waals surface area contributed by atoms with E-state index in [2.05, 4.69) is 21.0 Å². The smallest absolute Gasteiger partial charge is 0.271 e. The van der Waals surface area contributed by atoms with Crippen LogP contribution in [0.2, 0.25) is 0 Å². The second-order valence-corrected chi connectivity index (χ2v) is 5.44. The van der Waals surface area contributed by atoms with Crippen LogP contribution in [0.4, 0.5) is 0 Å². The Kier molecular flexibility index (Phi) is 3.06. The minimum absolute atomic E-state index is 0.0185. The van der Waals surface area contributed by atoms with Crippen molar-refractivity contribution in [3.63, 3.8) is 0 Å². The zero-order chi connectivity index (χ0) is 13.4. The molecule has 0 unspecified atom stereocenters. The summed E-state index contributed by atoms with van der Waals surface area (Å²) in [4.78, 5) is 23.9. The number of rotatable bonds is 1. The van der Waals surface area contributed by atoms with Gasteiger partial charge >= 0.3 is 0 Å². The fraction of sp³-hybridized carbons (Fsp3) is 0.214. The lowest BCUT2D eigenvalue weighted by atomic mass is 9.96. The molecule has 1 heterocycles.